The summed E-state index contributed by atoms with van der Waals surface area (Å²) >= 11 is 0. The number of hydrogen-bond acceptors (Lipinski definition) is 4. The Labute approximate surface area is 93.2 Å². The molecule has 0 saturated heterocycles. The number of nitrogens with one attached hydrogen (secondary N) is 2. The summed E-state index contributed by atoms with van der Waals surface area (Å²) in [5.41, 5.74) is 0. The minimum atomic E-state index is -1.09. The Hall–Kier alpha value is -1.79. The van der Waals surface area contributed by atoms with Crippen molar-refractivity contribution >= 4 is 18.0 Å². The number of carboxylic acid groups (broad SMARTS) is 1. The minimum absolute atomic E-state index is 0.305. The standard InChI is InChI=1S/C9H16N2O5/c1-3-4-6(8(13)14)11-7(12)5-10-9(15)16-2/h6H,3-5H2,1-2H3,(H,10,15)(H,11,12)(H,13,14). The summed E-state index contributed by atoms with van der Waals surface area (Å²) in [6.07, 6.45) is 0.249. The fourth-order valence-corrected chi connectivity index (χ4v) is 1.02. The first-order chi connectivity index (χ1) is 7.51. The van der Waals surface area contributed by atoms with Crippen LogP contribution in [0, 0.1) is 0 Å². The number of carbonyl (C=O) groups excluding carboxylic acids is 2. The van der Waals surface area contributed by atoms with E-state index >= 15 is 0 Å². The van der Waals surface area contributed by atoms with Gasteiger partial charge in [0.1, 0.15) is 12.6 Å². The van der Waals surface area contributed by atoms with Crippen LogP contribution in [0.3, 0.4) is 0 Å². The third kappa shape index (κ3) is 5.84. The van der Waals surface area contributed by atoms with E-state index < -0.39 is 24.0 Å². The van der Waals surface area contributed by atoms with E-state index in [2.05, 4.69) is 15.4 Å². The van der Waals surface area contributed by atoms with Crippen molar-refractivity contribution in [1.82, 2.24) is 10.6 Å². The first kappa shape index (κ1) is 14.2. The van der Waals surface area contributed by atoms with Crippen LogP contribution < -0.4 is 10.6 Å². The molecular formula is C9H16N2O5. The second-order valence-corrected chi connectivity index (χ2v) is 3.09. The predicted octanol–water partition coefficient (Wildman–Crippen LogP) is -0.288. The average Bonchev–Trinajstić information content (AvgIpc) is 2.25. The van der Waals surface area contributed by atoms with Gasteiger partial charge in [-0.1, -0.05) is 13.3 Å². The summed E-state index contributed by atoms with van der Waals surface area (Å²) in [5, 5.41) is 13.2. The number of carboxylic acids is 1. The molecule has 0 bridgehead atoms. The molecule has 92 valence electrons. The predicted molar refractivity (Wildman–Crippen MR) is 54.9 cm³/mol. The molecule has 0 rings (SSSR count). The smallest absolute Gasteiger partial charge is 0.407 e. The lowest BCUT2D eigenvalue weighted by molar-refractivity contribution is -0.141. The zero-order valence-corrected chi connectivity index (χ0v) is 9.28. The lowest BCUT2D eigenvalue weighted by Crippen LogP contribution is -2.45. The summed E-state index contributed by atoms with van der Waals surface area (Å²) < 4.78 is 4.25. The molecule has 0 fully saturated rings. The fraction of sp³-hybridized carbons (Fsp3) is 0.667. The van der Waals surface area contributed by atoms with Crippen molar-refractivity contribution in [3.8, 4) is 0 Å². The number of methoxy groups -OCH3 is 1. The SMILES string of the molecule is CCCC(NC(=O)CNC(=O)OC)C(=O)O. The Bertz CT molecular complexity index is 267. The Morgan fingerprint density at radius 1 is 1.38 bits per heavy atom. The van der Waals surface area contributed by atoms with Crippen LogP contribution >= 0.6 is 0 Å². The normalized spacial score (nSPS) is 11.4. The number of alkyl carbamates (subject to hydrolysis) is 1. The first-order valence-corrected chi connectivity index (χ1v) is 4.85. The number of hydrogen-bond donors (Lipinski definition) is 3. The molecule has 0 spiro atoms. The Kier molecular flexibility index (Phi) is 6.66. The van der Waals surface area contributed by atoms with Crippen LogP contribution in [0.4, 0.5) is 4.79 Å². The van der Waals surface area contributed by atoms with Crippen molar-refractivity contribution in [2.24, 2.45) is 0 Å². The van der Waals surface area contributed by atoms with Crippen molar-refractivity contribution in [1.29, 1.82) is 0 Å². The van der Waals surface area contributed by atoms with Crippen LogP contribution in [-0.4, -0.2) is 42.8 Å². The fourth-order valence-electron chi connectivity index (χ4n) is 1.02. The highest BCUT2D eigenvalue weighted by Gasteiger charge is 2.18. The van der Waals surface area contributed by atoms with Crippen molar-refractivity contribution in [2.45, 2.75) is 25.8 Å². The van der Waals surface area contributed by atoms with Gasteiger partial charge in [0.2, 0.25) is 5.91 Å². The van der Waals surface area contributed by atoms with Gasteiger partial charge in [0, 0.05) is 0 Å². The second-order valence-electron chi connectivity index (χ2n) is 3.09. The molecule has 0 aliphatic rings. The maximum atomic E-state index is 11.2. The van der Waals surface area contributed by atoms with E-state index in [4.69, 9.17) is 5.11 Å². The van der Waals surface area contributed by atoms with Gasteiger partial charge in [-0.2, -0.15) is 0 Å². The highest BCUT2D eigenvalue weighted by molar-refractivity contribution is 5.86. The van der Waals surface area contributed by atoms with Crippen molar-refractivity contribution < 1.29 is 24.2 Å². The molecule has 7 heteroatoms. The largest absolute Gasteiger partial charge is 0.480 e. The lowest BCUT2D eigenvalue weighted by atomic mass is 10.1. The molecule has 0 aromatic heterocycles. The van der Waals surface area contributed by atoms with Gasteiger partial charge in [0.25, 0.3) is 0 Å². The topological polar surface area (TPSA) is 105 Å². The van der Waals surface area contributed by atoms with Gasteiger partial charge in [-0.15, -0.1) is 0 Å². The highest BCUT2D eigenvalue weighted by Crippen LogP contribution is 1.96. The van der Waals surface area contributed by atoms with E-state index in [1.165, 1.54) is 7.11 Å². The maximum Gasteiger partial charge on any atom is 0.407 e. The molecule has 0 radical (unpaired) electrons. The van der Waals surface area contributed by atoms with Gasteiger partial charge < -0.3 is 20.5 Å². The molecule has 0 heterocycles. The maximum absolute atomic E-state index is 11.2. The number of ether oxygens (including phenoxy) is 1. The molecule has 0 aliphatic heterocycles. The van der Waals surface area contributed by atoms with E-state index in [0.717, 1.165) is 0 Å². The van der Waals surface area contributed by atoms with E-state index in [1.807, 2.05) is 6.92 Å². The molecule has 0 aliphatic carbocycles. The van der Waals surface area contributed by atoms with Gasteiger partial charge in [0.05, 0.1) is 7.11 Å². The Morgan fingerprint density at radius 2 is 2.00 bits per heavy atom. The lowest BCUT2D eigenvalue weighted by Gasteiger charge is -2.13. The molecule has 1 atom stereocenters. The van der Waals surface area contributed by atoms with Gasteiger partial charge in [0.15, 0.2) is 0 Å². The Balaban J connectivity index is 4.00. The van der Waals surface area contributed by atoms with Crippen LogP contribution in [-0.2, 0) is 14.3 Å². The summed E-state index contributed by atoms with van der Waals surface area (Å²) in [4.78, 5) is 32.5. The molecule has 7 nitrogen and oxygen atoms in total. The highest BCUT2D eigenvalue weighted by atomic mass is 16.5. The first-order valence-electron chi connectivity index (χ1n) is 4.85. The molecule has 2 amide bonds. The van der Waals surface area contributed by atoms with Gasteiger partial charge in [-0.05, 0) is 6.42 Å². The summed E-state index contributed by atoms with van der Waals surface area (Å²) in [5.74, 6) is -1.65. The van der Waals surface area contributed by atoms with Crippen molar-refractivity contribution in [3.05, 3.63) is 0 Å². The second kappa shape index (κ2) is 7.49. The van der Waals surface area contributed by atoms with Crippen molar-refractivity contribution in [2.75, 3.05) is 13.7 Å². The third-order valence-corrected chi connectivity index (χ3v) is 1.79. The molecule has 0 aromatic rings. The summed E-state index contributed by atoms with van der Waals surface area (Å²) in [7, 11) is 1.17. The zero-order valence-electron chi connectivity index (χ0n) is 9.28. The minimum Gasteiger partial charge on any atom is -0.480 e. The monoisotopic (exact) mass is 232 g/mol. The number of aliphatic carboxylic acids is 1. The van der Waals surface area contributed by atoms with Crippen LogP contribution in [0.15, 0.2) is 0 Å². The number of carbonyl (C=O) groups is 3. The summed E-state index contributed by atoms with van der Waals surface area (Å²) in [6.45, 7) is 1.51. The van der Waals surface area contributed by atoms with Crippen molar-refractivity contribution in [3.63, 3.8) is 0 Å². The molecule has 1 unspecified atom stereocenters. The van der Waals surface area contributed by atoms with Gasteiger partial charge >= 0.3 is 12.1 Å². The molecule has 0 saturated carbocycles. The quantitative estimate of drug-likeness (QED) is 0.583. The average molecular weight is 232 g/mol. The third-order valence-electron chi connectivity index (χ3n) is 1.79. The van der Waals surface area contributed by atoms with Crippen LogP contribution in [0.25, 0.3) is 0 Å². The Morgan fingerprint density at radius 3 is 2.44 bits per heavy atom. The van der Waals surface area contributed by atoms with E-state index in [1.54, 1.807) is 0 Å². The van der Waals surface area contributed by atoms with E-state index in [9.17, 15) is 14.4 Å². The van der Waals surface area contributed by atoms with E-state index in [0.29, 0.717) is 12.8 Å². The van der Waals surface area contributed by atoms with Crippen LogP contribution in [0.1, 0.15) is 19.8 Å². The number of rotatable bonds is 6. The van der Waals surface area contributed by atoms with E-state index in [-0.39, 0.29) is 6.54 Å². The molecule has 3 N–H and O–H groups in total. The summed E-state index contributed by atoms with van der Waals surface area (Å²) in [6, 6.07) is -0.919. The number of amides is 2. The van der Waals surface area contributed by atoms with Crippen LogP contribution in [0.2, 0.25) is 0 Å². The molecule has 16 heavy (non-hydrogen) atoms. The zero-order chi connectivity index (χ0) is 12.6. The van der Waals surface area contributed by atoms with Gasteiger partial charge in [-0.25, -0.2) is 9.59 Å². The van der Waals surface area contributed by atoms with Crippen LogP contribution in [0.5, 0.6) is 0 Å². The molecular weight excluding hydrogens is 216 g/mol. The molecule has 0 aromatic carbocycles. The van der Waals surface area contributed by atoms with Gasteiger partial charge in [-0.3, -0.25) is 4.79 Å².